The van der Waals surface area contributed by atoms with E-state index >= 15 is 0 Å². The number of anilines is 1. The monoisotopic (exact) mass is 406 g/mol. The van der Waals surface area contributed by atoms with E-state index in [2.05, 4.69) is 21.2 Å². The molecule has 0 aliphatic rings. The Kier molecular flexibility index (Phi) is 6.82. The zero-order valence-electron chi connectivity index (χ0n) is 14.0. The predicted octanol–water partition coefficient (Wildman–Crippen LogP) is 2.93. The van der Waals surface area contributed by atoms with Crippen molar-refractivity contribution in [3.05, 3.63) is 53.0 Å². The second kappa shape index (κ2) is 9.08. The summed E-state index contributed by atoms with van der Waals surface area (Å²) in [5.74, 6) is 0.419. The molecule has 0 fully saturated rings. The van der Waals surface area contributed by atoms with Crippen LogP contribution in [0.1, 0.15) is 0 Å². The summed E-state index contributed by atoms with van der Waals surface area (Å²) < 4.78 is 11.4. The molecule has 2 rings (SSSR count). The lowest BCUT2D eigenvalue weighted by Crippen LogP contribution is -2.37. The first-order valence-corrected chi connectivity index (χ1v) is 8.34. The molecule has 0 aromatic heterocycles. The molecular formula is C18H19BrN2O4. The third kappa shape index (κ3) is 5.49. The average Bonchev–Trinajstić information content (AvgIpc) is 2.61. The number of hydrogen-bond acceptors (Lipinski definition) is 4. The van der Waals surface area contributed by atoms with E-state index in [-0.39, 0.29) is 25.0 Å². The lowest BCUT2D eigenvalue weighted by Gasteiger charge is -2.18. The van der Waals surface area contributed by atoms with Gasteiger partial charge >= 0.3 is 0 Å². The summed E-state index contributed by atoms with van der Waals surface area (Å²) in [6.45, 7) is -0.255. The van der Waals surface area contributed by atoms with Crippen molar-refractivity contribution in [3.8, 4) is 11.5 Å². The van der Waals surface area contributed by atoms with E-state index in [1.807, 2.05) is 24.3 Å². The van der Waals surface area contributed by atoms with E-state index < -0.39 is 0 Å². The molecule has 0 heterocycles. The topological polar surface area (TPSA) is 67.9 Å². The van der Waals surface area contributed by atoms with E-state index in [9.17, 15) is 9.59 Å². The number of carbonyl (C=O) groups is 2. The van der Waals surface area contributed by atoms with Gasteiger partial charge in [0.2, 0.25) is 5.91 Å². The minimum absolute atomic E-state index is 0.0740. The van der Waals surface area contributed by atoms with Gasteiger partial charge in [0.1, 0.15) is 0 Å². The molecule has 2 amide bonds. The summed E-state index contributed by atoms with van der Waals surface area (Å²) in [6, 6.07) is 14.3. The highest BCUT2D eigenvalue weighted by atomic mass is 79.9. The summed E-state index contributed by atoms with van der Waals surface area (Å²) >= 11 is 3.36. The lowest BCUT2D eigenvalue weighted by molar-refractivity contribution is -0.135. The van der Waals surface area contributed by atoms with Gasteiger partial charge in [-0.2, -0.15) is 0 Å². The molecule has 0 bridgehead atoms. The fourth-order valence-electron chi connectivity index (χ4n) is 2.04. The molecule has 7 heteroatoms. The van der Waals surface area contributed by atoms with Crippen LogP contribution < -0.4 is 14.8 Å². The van der Waals surface area contributed by atoms with Crippen LogP contribution in [0, 0.1) is 0 Å². The fourth-order valence-corrected chi connectivity index (χ4v) is 2.43. The third-order valence-corrected chi connectivity index (χ3v) is 4.07. The number of amides is 2. The van der Waals surface area contributed by atoms with Crippen molar-refractivity contribution in [2.45, 2.75) is 0 Å². The number of methoxy groups -OCH3 is 1. The van der Waals surface area contributed by atoms with Crippen molar-refractivity contribution in [2.75, 3.05) is 32.6 Å². The van der Waals surface area contributed by atoms with Crippen molar-refractivity contribution < 1.29 is 19.1 Å². The van der Waals surface area contributed by atoms with Crippen molar-refractivity contribution >= 4 is 33.4 Å². The minimum atomic E-state index is -0.312. The Morgan fingerprint density at radius 1 is 1.08 bits per heavy atom. The highest BCUT2D eigenvalue weighted by Crippen LogP contribution is 2.25. The van der Waals surface area contributed by atoms with Crippen LogP contribution in [0.3, 0.4) is 0 Å². The van der Waals surface area contributed by atoms with Gasteiger partial charge in [-0.15, -0.1) is 0 Å². The zero-order valence-corrected chi connectivity index (χ0v) is 15.6. The van der Waals surface area contributed by atoms with Crippen LogP contribution in [0.4, 0.5) is 5.69 Å². The number of hydrogen-bond donors (Lipinski definition) is 1. The largest absolute Gasteiger partial charge is 0.493 e. The number of benzene rings is 2. The lowest BCUT2D eigenvalue weighted by atomic mass is 10.3. The number of para-hydroxylation sites is 3. The van der Waals surface area contributed by atoms with Crippen LogP contribution in [0.15, 0.2) is 53.0 Å². The number of carbonyl (C=O) groups excluding carboxylic acids is 2. The van der Waals surface area contributed by atoms with Crippen LogP contribution in [0.25, 0.3) is 0 Å². The first-order chi connectivity index (χ1) is 12.0. The molecule has 6 nitrogen and oxygen atoms in total. The molecule has 2 aromatic rings. The summed E-state index contributed by atoms with van der Waals surface area (Å²) in [4.78, 5) is 25.5. The molecule has 0 radical (unpaired) electrons. The molecule has 0 saturated carbocycles. The number of likely N-dealkylation sites (N-methyl/N-ethyl adjacent to an activating group) is 1. The molecule has 0 atom stereocenters. The smallest absolute Gasteiger partial charge is 0.260 e. The molecule has 0 aliphatic heterocycles. The SMILES string of the molecule is COc1ccccc1OCC(=O)N(C)CC(=O)Nc1ccccc1Br. The zero-order chi connectivity index (χ0) is 18.2. The maximum Gasteiger partial charge on any atom is 0.260 e. The van der Waals surface area contributed by atoms with Crippen LogP contribution in [-0.2, 0) is 9.59 Å². The number of ether oxygens (including phenoxy) is 2. The van der Waals surface area contributed by atoms with Gasteiger partial charge in [-0.05, 0) is 40.2 Å². The average molecular weight is 407 g/mol. The van der Waals surface area contributed by atoms with Crippen molar-refractivity contribution in [2.24, 2.45) is 0 Å². The Morgan fingerprint density at radius 2 is 1.72 bits per heavy atom. The molecule has 1 N–H and O–H groups in total. The van der Waals surface area contributed by atoms with Crippen LogP contribution in [-0.4, -0.2) is 44.0 Å². The normalized spacial score (nSPS) is 10.0. The van der Waals surface area contributed by atoms with Crippen molar-refractivity contribution in [3.63, 3.8) is 0 Å². The van der Waals surface area contributed by atoms with E-state index in [0.717, 1.165) is 4.47 Å². The quantitative estimate of drug-likeness (QED) is 0.767. The number of halogens is 1. The molecule has 2 aromatic carbocycles. The number of nitrogens with zero attached hydrogens (tertiary/aromatic N) is 1. The molecule has 0 saturated heterocycles. The van der Waals surface area contributed by atoms with E-state index in [4.69, 9.17) is 9.47 Å². The van der Waals surface area contributed by atoms with E-state index in [0.29, 0.717) is 17.2 Å². The van der Waals surface area contributed by atoms with Gasteiger partial charge in [0, 0.05) is 11.5 Å². The highest BCUT2D eigenvalue weighted by molar-refractivity contribution is 9.10. The van der Waals surface area contributed by atoms with Gasteiger partial charge in [0.25, 0.3) is 5.91 Å². The highest BCUT2D eigenvalue weighted by Gasteiger charge is 2.15. The summed E-state index contributed by atoms with van der Waals surface area (Å²) in [6.07, 6.45) is 0. The first-order valence-electron chi connectivity index (χ1n) is 7.55. The van der Waals surface area contributed by atoms with Crippen LogP contribution in [0.2, 0.25) is 0 Å². The maximum atomic E-state index is 12.1. The molecule has 0 spiro atoms. The Hall–Kier alpha value is -2.54. The minimum Gasteiger partial charge on any atom is -0.493 e. The second-order valence-corrected chi connectivity index (χ2v) is 6.07. The summed E-state index contributed by atoms with van der Waals surface area (Å²) in [5, 5.41) is 2.75. The summed E-state index contributed by atoms with van der Waals surface area (Å²) in [7, 11) is 3.08. The first kappa shape index (κ1) is 18.8. The van der Waals surface area contributed by atoms with Crippen molar-refractivity contribution in [1.29, 1.82) is 0 Å². The van der Waals surface area contributed by atoms with Gasteiger partial charge in [-0.3, -0.25) is 9.59 Å². The predicted molar refractivity (Wildman–Crippen MR) is 98.9 cm³/mol. The number of nitrogens with one attached hydrogen (secondary N) is 1. The van der Waals surface area contributed by atoms with Crippen molar-refractivity contribution in [1.82, 2.24) is 4.90 Å². The van der Waals surface area contributed by atoms with Gasteiger partial charge in [0.05, 0.1) is 19.3 Å². The van der Waals surface area contributed by atoms with Gasteiger partial charge < -0.3 is 19.7 Å². The summed E-state index contributed by atoms with van der Waals surface area (Å²) in [5.41, 5.74) is 0.652. The number of rotatable bonds is 7. The molecule has 0 aliphatic carbocycles. The Labute approximate surface area is 154 Å². The third-order valence-electron chi connectivity index (χ3n) is 3.37. The molecular weight excluding hydrogens is 388 g/mol. The maximum absolute atomic E-state index is 12.1. The van der Waals surface area contributed by atoms with E-state index in [1.54, 1.807) is 31.3 Å². The van der Waals surface area contributed by atoms with Crippen LogP contribution >= 0.6 is 15.9 Å². The Balaban J connectivity index is 1.85. The molecule has 132 valence electrons. The Bertz CT molecular complexity index is 751. The van der Waals surface area contributed by atoms with Crippen LogP contribution in [0.5, 0.6) is 11.5 Å². The van der Waals surface area contributed by atoms with Gasteiger partial charge in [0.15, 0.2) is 18.1 Å². The molecule has 25 heavy (non-hydrogen) atoms. The second-order valence-electron chi connectivity index (χ2n) is 5.22. The molecule has 0 unspecified atom stereocenters. The fraction of sp³-hybridized carbons (Fsp3) is 0.222. The van der Waals surface area contributed by atoms with Gasteiger partial charge in [-0.1, -0.05) is 24.3 Å². The standard InChI is InChI=1S/C18H19BrN2O4/c1-21(11-17(22)20-14-8-4-3-7-13(14)19)18(23)12-25-16-10-6-5-9-15(16)24-2/h3-10H,11-12H2,1-2H3,(H,20,22). The van der Waals surface area contributed by atoms with E-state index in [1.165, 1.54) is 12.0 Å². The van der Waals surface area contributed by atoms with Gasteiger partial charge in [-0.25, -0.2) is 0 Å². The Morgan fingerprint density at radius 3 is 2.40 bits per heavy atom.